The number of hydrogen-bond acceptors (Lipinski definition) is 6. The number of rotatable bonds is 4. The Morgan fingerprint density at radius 2 is 1.96 bits per heavy atom. The Bertz CT molecular complexity index is 971. The standard InChI is InChI=1S/C19H19N3O5S/c1-9-11(12(21-27-9)10-7-5-4-6-8-10)15(23)20-13-16(24)22-14(18(25)26)19(2,3)28-17(13)22/h4-8,13-14,17H,1-3H3,(H,20,23)(H,25,26)/t13-,14+,17+/m0/s1. The topological polar surface area (TPSA) is 113 Å². The number of carboxylic acid groups (broad SMARTS) is 1. The first-order valence-corrected chi connectivity index (χ1v) is 9.65. The number of carboxylic acids is 1. The van der Waals surface area contributed by atoms with Gasteiger partial charge < -0.3 is 19.8 Å². The molecule has 1 aromatic carbocycles. The highest BCUT2D eigenvalue weighted by atomic mass is 32.2. The maximum Gasteiger partial charge on any atom is 0.327 e. The molecule has 1 aromatic heterocycles. The molecule has 146 valence electrons. The highest BCUT2D eigenvalue weighted by molar-refractivity contribution is 8.01. The number of benzene rings is 1. The van der Waals surface area contributed by atoms with E-state index in [4.69, 9.17) is 4.52 Å². The SMILES string of the molecule is Cc1onc(-c2ccccc2)c1C(=O)N[C@H]1C(=O)N2[C@@H]1SC(C)(C)[C@H]2C(=O)O. The van der Waals surface area contributed by atoms with Crippen LogP contribution in [0.5, 0.6) is 0 Å². The Hall–Kier alpha value is -2.81. The number of carbonyl (C=O) groups excluding carboxylic acids is 2. The zero-order valence-electron chi connectivity index (χ0n) is 15.5. The predicted molar refractivity (Wildman–Crippen MR) is 102 cm³/mol. The van der Waals surface area contributed by atoms with Gasteiger partial charge in [0.1, 0.15) is 34.5 Å². The second-order valence-corrected chi connectivity index (χ2v) is 9.15. The van der Waals surface area contributed by atoms with Crippen LogP contribution in [-0.4, -0.2) is 55.2 Å². The third-order valence-corrected chi connectivity index (χ3v) is 6.67. The summed E-state index contributed by atoms with van der Waals surface area (Å²) in [4.78, 5) is 38.5. The maximum atomic E-state index is 12.9. The number of amides is 2. The smallest absolute Gasteiger partial charge is 0.327 e. The minimum absolute atomic E-state index is 0.273. The van der Waals surface area contributed by atoms with E-state index < -0.39 is 34.1 Å². The van der Waals surface area contributed by atoms with Gasteiger partial charge in [-0.3, -0.25) is 9.59 Å². The highest BCUT2D eigenvalue weighted by Gasteiger charge is 2.64. The van der Waals surface area contributed by atoms with Crippen molar-refractivity contribution >= 4 is 29.5 Å². The second-order valence-electron chi connectivity index (χ2n) is 7.38. The summed E-state index contributed by atoms with van der Waals surface area (Å²) in [5, 5.41) is 15.8. The molecule has 2 amide bonds. The van der Waals surface area contributed by atoms with E-state index in [-0.39, 0.29) is 11.5 Å². The molecule has 4 rings (SSSR count). The summed E-state index contributed by atoms with van der Waals surface area (Å²) in [6.45, 7) is 5.22. The van der Waals surface area contributed by atoms with Crippen LogP contribution in [0.3, 0.4) is 0 Å². The zero-order chi connectivity index (χ0) is 20.2. The van der Waals surface area contributed by atoms with Gasteiger partial charge in [0, 0.05) is 10.3 Å². The van der Waals surface area contributed by atoms with Gasteiger partial charge in [-0.1, -0.05) is 35.5 Å². The monoisotopic (exact) mass is 401 g/mol. The molecule has 0 aliphatic carbocycles. The molecular weight excluding hydrogens is 382 g/mol. The lowest BCUT2D eigenvalue weighted by molar-refractivity contribution is -0.159. The molecular formula is C19H19N3O5S. The van der Waals surface area contributed by atoms with Crippen LogP contribution in [0.25, 0.3) is 11.3 Å². The first kappa shape index (κ1) is 18.5. The van der Waals surface area contributed by atoms with E-state index in [2.05, 4.69) is 10.5 Å². The average molecular weight is 401 g/mol. The van der Waals surface area contributed by atoms with Gasteiger partial charge in [0.05, 0.1) is 0 Å². The molecule has 3 atom stereocenters. The Balaban J connectivity index is 1.58. The first-order chi connectivity index (χ1) is 13.2. The summed E-state index contributed by atoms with van der Waals surface area (Å²) in [5.41, 5.74) is 1.41. The van der Waals surface area contributed by atoms with Crippen LogP contribution in [0.1, 0.15) is 30.0 Å². The number of aromatic nitrogens is 1. The third kappa shape index (κ3) is 2.69. The lowest BCUT2D eigenvalue weighted by Crippen LogP contribution is -2.70. The summed E-state index contributed by atoms with van der Waals surface area (Å²) in [5.74, 6) is -1.55. The van der Waals surface area contributed by atoms with Gasteiger partial charge in [0.25, 0.3) is 5.91 Å². The quantitative estimate of drug-likeness (QED) is 0.752. The van der Waals surface area contributed by atoms with Gasteiger partial charge in [-0.2, -0.15) is 0 Å². The molecule has 0 unspecified atom stereocenters. The van der Waals surface area contributed by atoms with Crippen LogP contribution in [0.15, 0.2) is 34.9 Å². The Kier molecular flexibility index (Phi) is 4.22. The number of aliphatic carboxylic acids is 1. The Morgan fingerprint density at radius 3 is 2.61 bits per heavy atom. The zero-order valence-corrected chi connectivity index (χ0v) is 16.3. The van der Waals surface area contributed by atoms with Gasteiger partial charge in [-0.15, -0.1) is 11.8 Å². The van der Waals surface area contributed by atoms with Crippen LogP contribution >= 0.6 is 11.8 Å². The Morgan fingerprint density at radius 1 is 1.29 bits per heavy atom. The molecule has 0 saturated carbocycles. The number of fused-ring (bicyclic) bond motifs is 1. The number of hydrogen-bond donors (Lipinski definition) is 2. The minimum atomic E-state index is -1.04. The number of aryl methyl sites for hydroxylation is 1. The molecule has 2 aromatic rings. The molecule has 2 aliphatic rings. The lowest BCUT2D eigenvalue weighted by atomic mass is 9.95. The number of nitrogens with one attached hydrogen (secondary N) is 1. The van der Waals surface area contributed by atoms with Crippen LogP contribution in [-0.2, 0) is 9.59 Å². The Labute approximate surface area is 165 Å². The van der Waals surface area contributed by atoms with Gasteiger partial charge >= 0.3 is 5.97 Å². The summed E-state index contributed by atoms with van der Waals surface area (Å²) in [6, 6.07) is 7.46. The lowest BCUT2D eigenvalue weighted by Gasteiger charge is -2.43. The van der Waals surface area contributed by atoms with Crippen molar-refractivity contribution in [3.63, 3.8) is 0 Å². The summed E-state index contributed by atoms with van der Waals surface area (Å²) < 4.78 is 4.57. The summed E-state index contributed by atoms with van der Waals surface area (Å²) >= 11 is 1.38. The fraction of sp³-hybridized carbons (Fsp3) is 0.368. The molecule has 28 heavy (non-hydrogen) atoms. The van der Waals surface area contributed by atoms with Crippen molar-refractivity contribution in [3.05, 3.63) is 41.7 Å². The van der Waals surface area contributed by atoms with Gasteiger partial charge in [-0.25, -0.2) is 4.79 Å². The largest absolute Gasteiger partial charge is 0.480 e. The van der Waals surface area contributed by atoms with Crippen molar-refractivity contribution < 1.29 is 24.0 Å². The van der Waals surface area contributed by atoms with E-state index in [1.165, 1.54) is 16.7 Å². The van der Waals surface area contributed by atoms with Crippen LogP contribution in [0.4, 0.5) is 0 Å². The van der Waals surface area contributed by atoms with Crippen LogP contribution in [0.2, 0.25) is 0 Å². The third-order valence-electron chi connectivity index (χ3n) is 5.10. The van der Waals surface area contributed by atoms with E-state index in [1.54, 1.807) is 20.8 Å². The fourth-order valence-corrected chi connectivity index (χ4v) is 5.42. The molecule has 0 spiro atoms. The molecule has 8 nitrogen and oxygen atoms in total. The first-order valence-electron chi connectivity index (χ1n) is 8.77. The molecule has 0 radical (unpaired) electrons. The van der Waals surface area contributed by atoms with E-state index in [1.807, 2.05) is 30.3 Å². The molecule has 9 heteroatoms. The van der Waals surface area contributed by atoms with Crippen molar-refractivity contribution in [2.45, 2.75) is 43.0 Å². The van der Waals surface area contributed by atoms with Crippen LogP contribution in [0, 0.1) is 6.92 Å². The molecule has 3 heterocycles. The van der Waals surface area contributed by atoms with Crippen LogP contribution < -0.4 is 5.32 Å². The highest BCUT2D eigenvalue weighted by Crippen LogP contribution is 2.50. The predicted octanol–water partition coefficient (Wildman–Crippen LogP) is 1.90. The van der Waals surface area contributed by atoms with Gasteiger partial charge in [-0.05, 0) is 20.8 Å². The van der Waals surface area contributed by atoms with E-state index >= 15 is 0 Å². The molecule has 2 saturated heterocycles. The second kappa shape index (κ2) is 6.37. The summed E-state index contributed by atoms with van der Waals surface area (Å²) in [6.07, 6.45) is 0. The number of carbonyl (C=O) groups is 3. The molecule has 0 bridgehead atoms. The summed E-state index contributed by atoms with van der Waals surface area (Å²) in [7, 11) is 0. The van der Waals surface area contributed by atoms with Crippen molar-refractivity contribution in [1.29, 1.82) is 0 Å². The van der Waals surface area contributed by atoms with Crippen molar-refractivity contribution in [1.82, 2.24) is 15.4 Å². The number of β-lactam (4-membered cyclic amide) rings is 1. The molecule has 2 N–H and O–H groups in total. The average Bonchev–Trinajstić information content (AvgIpc) is 3.15. The maximum absolute atomic E-state index is 12.9. The van der Waals surface area contributed by atoms with Gasteiger partial charge in [0.2, 0.25) is 5.91 Å². The van der Waals surface area contributed by atoms with Crippen molar-refractivity contribution in [3.8, 4) is 11.3 Å². The minimum Gasteiger partial charge on any atom is -0.480 e. The number of thioether (sulfide) groups is 1. The van der Waals surface area contributed by atoms with Crippen molar-refractivity contribution in [2.24, 2.45) is 0 Å². The molecule has 2 aliphatic heterocycles. The number of nitrogens with zero attached hydrogens (tertiary/aromatic N) is 2. The normalized spacial score (nSPS) is 25.2. The molecule has 2 fully saturated rings. The van der Waals surface area contributed by atoms with E-state index in [9.17, 15) is 19.5 Å². The van der Waals surface area contributed by atoms with E-state index in [0.29, 0.717) is 11.5 Å². The fourth-order valence-electron chi connectivity index (χ4n) is 3.79. The van der Waals surface area contributed by atoms with E-state index in [0.717, 1.165) is 5.56 Å². The van der Waals surface area contributed by atoms with Gasteiger partial charge in [0.15, 0.2) is 0 Å². The van der Waals surface area contributed by atoms with Crippen molar-refractivity contribution in [2.75, 3.05) is 0 Å².